The molecule has 0 saturated carbocycles. The second-order valence-corrected chi connectivity index (χ2v) is 5.97. The van der Waals surface area contributed by atoms with Crippen molar-refractivity contribution in [3.63, 3.8) is 0 Å². The van der Waals surface area contributed by atoms with Crippen molar-refractivity contribution in [1.29, 1.82) is 0 Å². The van der Waals surface area contributed by atoms with E-state index < -0.39 is 5.54 Å². The van der Waals surface area contributed by atoms with Crippen molar-refractivity contribution in [2.75, 3.05) is 26.2 Å². The number of halogens is 1. The maximum atomic E-state index is 13.1. The molecule has 0 spiro atoms. The predicted molar refractivity (Wildman–Crippen MR) is 86.6 cm³/mol. The van der Waals surface area contributed by atoms with Crippen LogP contribution in [0.25, 0.3) is 0 Å². The van der Waals surface area contributed by atoms with Gasteiger partial charge in [-0.1, -0.05) is 13.8 Å². The van der Waals surface area contributed by atoms with Gasteiger partial charge in [-0.25, -0.2) is 0 Å². The van der Waals surface area contributed by atoms with Crippen LogP contribution in [0.4, 0.5) is 0 Å². The van der Waals surface area contributed by atoms with Gasteiger partial charge in [-0.3, -0.25) is 9.48 Å². The van der Waals surface area contributed by atoms with E-state index in [1.54, 1.807) is 6.20 Å². The first-order chi connectivity index (χ1) is 9.60. The fourth-order valence-corrected chi connectivity index (χ4v) is 2.99. The molecule has 0 unspecified atom stereocenters. The summed E-state index contributed by atoms with van der Waals surface area (Å²) in [5.74, 6) is 0.703. The summed E-state index contributed by atoms with van der Waals surface area (Å²) < 4.78 is 1.87. The number of hydrogen-bond acceptors (Lipinski definition) is 3. The van der Waals surface area contributed by atoms with E-state index in [-0.39, 0.29) is 18.3 Å². The van der Waals surface area contributed by atoms with Crippen LogP contribution in [0.5, 0.6) is 0 Å². The maximum Gasteiger partial charge on any atom is 0.250 e. The zero-order valence-electron chi connectivity index (χ0n) is 13.2. The normalized spacial score (nSPS) is 17.3. The van der Waals surface area contributed by atoms with Gasteiger partial charge in [-0.2, -0.15) is 5.10 Å². The Morgan fingerprint density at radius 3 is 2.57 bits per heavy atom. The van der Waals surface area contributed by atoms with Crippen LogP contribution in [-0.2, 0) is 10.3 Å². The SMILES string of the molecule is CCN(CC(C)C)C(=O)C1(n2cccn2)CCNCC1.Cl. The molecule has 1 saturated heterocycles. The molecule has 2 heterocycles. The number of nitrogens with one attached hydrogen (secondary N) is 1. The van der Waals surface area contributed by atoms with E-state index in [1.807, 2.05) is 21.8 Å². The van der Waals surface area contributed by atoms with Gasteiger partial charge < -0.3 is 10.2 Å². The van der Waals surface area contributed by atoms with Gasteiger partial charge in [0.1, 0.15) is 5.54 Å². The highest BCUT2D eigenvalue weighted by Crippen LogP contribution is 2.29. The number of aromatic nitrogens is 2. The monoisotopic (exact) mass is 314 g/mol. The van der Waals surface area contributed by atoms with E-state index in [1.165, 1.54) is 0 Å². The molecule has 2 rings (SSSR count). The van der Waals surface area contributed by atoms with Crippen LogP contribution in [0.1, 0.15) is 33.6 Å². The lowest BCUT2D eigenvalue weighted by atomic mass is 9.86. The highest BCUT2D eigenvalue weighted by molar-refractivity contribution is 5.85. The van der Waals surface area contributed by atoms with Crippen LogP contribution in [-0.4, -0.2) is 46.8 Å². The lowest BCUT2D eigenvalue weighted by Crippen LogP contribution is -2.56. The molecule has 120 valence electrons. The van der Waals surface area contributed by atoms with Gasteiger partial charge in [0.2, 0.25) is 0 Å². The largest absolute Gasteiger partial charge is 0.341 e. The van der Waals surface area contributed by atoms with Crippen LogP contribution >= 0.6 is 12.4 Å². The van der Waals surface area contributed by atoms with Crippen LogP contribution in [0.15, 0.2) is 18.5 Å². The first kappa shape index (κ1) is 18.0. The molecule has 6 heteroatoms. The maximum absolute atomic E-state index is 13.1. The average Bonchev–Trinajstić information content (AvgIpc) is 2.99. The average molecular weight is 315 g/mol. The number of carbonyl (C=O) groups excluding carboxylic acids is 1. The van der Waals surface area contributed by atoms with E-state index in [4.69, 9.17) is 0 Å². The number of nitrogens with zero attached hydrogens (tertiary/aromatic N) is 3. The third-order valence-electron chi connectivity index (χ3n) is 4.03. The number of carbonyl (C=O) groups is 1. The summed E-state index contributed by atoms with van der Waals surface area (Å²) in [6.45, 7) is 9.66. The Labute approximate surface area is 133 Å². The Morgan fingerprint density at radius 1 is 1.43 bits per heavy atom. The minimum atomic E-state index is -0.500. The highest BCUT2D eigenvalue weighted by Gasteiger charge is 2.44. The molecule has 1 N–H and O–H groups in total. The molecule has 0 aromatic carbocycles. The van der Waals surface area contributed by atoms with Crippen molar-refractivity contribution >= 4 is 18.3 Å². The lowest BCUT2D eigenvalue weighted by molar-refractivity contribution is -0.143. The summed E-state index contributed by atoms with van der Waals surface area (Å²) >= 11 is 0. The third kappa shape index (κ3) is 3.77. The lowest BCUT2D eigenvalue weighted by Gasteiger charge is -2.40. The summed E-state index contributed by atoms with van der Waals surface area (Å²) in [6.07, 6.45) is 5.30. The van der Waals surface area contributed by atoms with Gasteiger partial charge in [0.05, 0.1) is 0 Å². The van der Waals surface area contributed by atoms with Gasteiger partial charge >= 0.3 is 0 Å². The van der Waals surface area contributed by atoms with E-state index in [0.29, 0.717) is 5.92 Å². The first-order valence-corrected chi connectivity index (χ1v) is 7.60. The zero-order valence-corrected chi connectivity index (χ0v) is 14.0. The number of amides is 1. The smallest absolute Gasteiger partial charge is 0.250 e. The topological polar surface area (TPSA) is 50.2 Å². The molecular formula is C15H27ClN4O. The van der Waals surface area contributed by atoms with Gasteiger partial charge in [-0.05, 0) is 44.8 Å². The van der Waals surface area contributed by atoms with Gasteiger partial charge in [0.15, 0.2) is 0 Å². The fourth-order valence-electron chi connectivity index (χ4n) is 2.99. The minimum Gasteiger partial charge on any atom is -0.341 e. The summed E-state index contributed by atoms with van der Waals surface area (Å²) in [7, 11) is 0. The fraction of sp³-hybridized carbons (Fsp3) is 0.733. The van der Waals surface area contributed by atoms with Gasteiger partial charge in [0, 0.05) is 25.5 Å². The molecule has 0 atom stereocenters. The molecule has 1 aliphatic rings. The van der Waals surface area contributed by atoms with E-state index in [2.05, 4.69) is 31.2 Å². The summed E-state index contributed by atoms with van der Waals surface area (Å²) in [4.78, 5) is 15.1. The quantitative estimate of drug-likeness (QED) is 0.903. The molecule has 1 aliphatic heterocycles. The molecule has 1 amide bonds. The van der Waals surface area contributed by atoms with Crippen molar-refractivity contribution in [1.82, 2.24) is 20.0 Å². The molecule has 1 aromatic rings. The Bertz CT molecular complexity index is 427. The van der Waals surface area contributed by atoms with Crippen molar-refractivity contribution in [3.05, 3.63) is 18.5 Å². The Morgan fingerprint density at radius 2 is 2.10 bits per heavy atom. The van der Waals surface area contributed by atoms with Crippen LogP contribution < -0.4 is 5.32 Å². The molecule has 1 fully saturated rings. The molecule has 0 radical (unpaired) electrons. The Balaban J connectivity index is 0.00000220. The molecule has 5 nitrogen and oxygen atoms in total. The third-order valence-corrected chi connectivity index (χ3v) is 4.03. The minimum absolute atomic E-state index is 0. The van der Waals surface area contributed by atoms with Crippen molar-refractivity contribution in [3.8, 4) is 0 Å². The zero-order chi connectivity index (χ0) is 14.6. The molecule has 1 aromatic heterocycles. The number of hydrogen-bond donors (Lipinski definition) is 1. The molecular weight excluding hydrogens is 288 g/mol. The Hall–Kier alpha value is -1.07. The van der Waals surface area contributed by atoms with Crippen molar-refractivity contribution < 1.29 is 4.79 Å². The van der Waals surface area contributed by atoms with Gasteiger partial charge in [0.25, 0.3) is 5.91 Å². The first-order valence-electron chi connectivity index (χ1n) is 7.60. The molecule has 21 heavy (non-hydrogen) atoms. The van der Waals surface area contributed by atoms with Crippen LogP contribution in [0, 0.1) is 5.92 Å². The summed E-state index contributed by atoms with van der Waals surface area (Å²) in [6, 6.07) is 1.90. The number of piperidine rings is 1. The standard InChI is InChI=1S/C15H26N4O.ClH/c1-4-18(12-13(2)3)14(20)15(6-9-16-10-7-15)19-11-5-8-17-19;/h5,8,11,13,16H,4,6-7,9-10,12H2,1-3H3;1H. The molecule has 0 aliphatic carbocycles. The summed E-state index contributed by atoms with van der Waals surface area (Å²) in [5, 5.41) is 7.71. The highest BCUT2D eigenvalue weighted by atomic mass is 35.5. The second kappa shape index (κ2) is 7.80. The van der Waals surface area contributed by atoms with Gasteiger partial charge in [-0.15, -0.1) is 12.4 Å². The van der Waals surface area contributed by atoms with E-state index >= 15 is 0 Å². The van der Waals surface area contributed by atoms with Crippen LogP contribution in [0.3, 0.4) is 0 Å². The summed E-state index contributed by atoms with van der Waals surface area (Å²) in [5.41, 5.74) is -0.500. The van der Waals surface area contributed by atoms with E-state index in [9.17, 15) is 4.79 Å². The second-order valence-electron chi connectivity index (χ2n) is 5.97. The van der Waals surface area contributed by atoms with E-state index in [0.717, 1.165) is 39.0 Å². The Kier molecular flexibility index (Phi) is 6.68. The van der Waals surface area contributed by atoms with Crippen LogP contribution in [0.2, 0.25) is 0 Å². The van der Waals surface area contributed by atoms with Crippen molar-refractivity contribution in [2.45, 2.75) is 39.2 Å². The predicted octanol–water partition coefficient (Wildman–Crippen LogP) is 1.89. The number of likely N-dealkylation sites (N-methyl/N-ethyl adjacent to an activating group) is 1. The molecule has 0 bridgehead atoms. The number of rotatable bonds is 5. The van der Waals surface area contributed by atoms with Crippen molar-refractivity contribution in [2.24, 2.45) is 5.92 Å².